The minimum absolute atomic E-state index is 0.0969. The van der Waals surface area contributed by atoms with Crippen molar-refractivity contribution in [3.8, 4) is 0 Å². The summed E-state index contributed by atoms with van der Waals surface area (Å²) in [5.74, 6) is -1.90. The number of rotatable bonds is 6. The monoisotopic (exact) mass is 406 g/mol. The van der Waals surface area contributed by atoms with Crippen LogP contribution in [0.15, 0.2) is 53.4 Å². The van der Waals surface area contributed by atoms with E-state index in [0.29, 0.717) is 5.69 Å². The first-order chi connectivity index (χ1) is 13.1. The number of hydrogen-bond donors (Lipinski definition) is 2. The standard InChI is InChI=1S/C18H18N2O7S/c1-11(16(21)20-14-7-9-15(10-8-14)28(19,24)25)27-18(23)13-5-3-12(4-6-13)17(22)26-2/h3-11H,1-2H3,(H,20,21)(H2,19,24,25)/t11-/m0/s1. The molecule has 1 atom stereocenters. The first kappa shape index (κ1) is 21.1. The number of methoxy groups -OCH3 is 1. The number of nitrogens with one attached hydrogen (secondary N) is 1. The van der Waals surface area contributed by atoms with Crippen molar-refractivity contribution in [2.45, 2.75) is 17.9 Å². The highest BCUT2D eigenvalue weighted by atomic mass is 32.2. The lowest BCUT2D eigenvalue weighted by Gasteiger charge is -2.14. The quantitative estimate of drug-likeness (QED) is 0.689. The molecule has 0 aromatic heterocycles. The summed E-state index contributed by atoms with van der Waals surface area (Å²) in [6.07, 6.45) is -1.12. The maximum Gasteiger partial charge on any atom is 0.338 e. The van der Waals surface area contributed by atoms with Crippen LogP contribution in [0.25, 0.3) is 0 Å². The van der Waals surface area contributed by atoms with Crippen LogP contribution in [-0.4, -0.2) is 39.5 Å². The van der Waals surface area contributed by atoms with E-state index < -0.39 is 34.0 Å². The molecule has 0 aliphatic heterocycles. The molecule has 0 fully saturated rings. The van der Waals surface area contributed by atoms with Crippen molar-refractivity contribution < 1.29 is 32.3 Å². The van der Waals surface area contributed by atoms with E-state index in [1.807, 2.05) is 0 Å². The van der Waals surface area contributed by atoms with Gasteiger partial charge in [-0.25, -0.2) is 23.1 Å². The second kappa shape index (κ2) is 8.63. The summed E-state index contributed by atoms with van der Waals surface area (Å²) in [5, 5.41) is 7.50. The zero-order chi connectivity index (χ0) is 20.9. The molecular weight excluding hydrogens is 388 g/mol. The lowest BCUT2D eigenvalue weighted by Crippen LogP contribution is -2.30. The third kappa shape index (κ3) is 5.38. The maximum atomic E-state index is 12.2. The van der Waals surface area contributed by atoms with Crippen LogP contribution >= 0.6 is 0 Å². The molecule has 0 bridgehead atoms. The second-order valence-corrected chi connectivity index (χ2v) is 7.24. The number of amides is 1. The molecule has 1 amide bonds. The van der Waals surface area contributed by atoms with Gasteiger partial charge >= 0.3 is 11.9 Å². The fourth-order valence-electron chi connectivity index (χ4n) is 2.11. The van der Waals surface area contributed by atoms with Crippen molar-refractivity contribution in [3.63, 3.8) is 0 Å². The summed E-state index contributed by atoms with van der Waals surface area (Å²) in [4.78, 5) is 35.6. The van der Waals surface area contributed by atoms with Gasteiger partial charge in [-0.1, -0.05) is 0 Å². The molecular formula is C18H18N2O7S. The summed E-state index contributed by atoms with van der Waals surface area (Å²) in [5.41, 5.74) is 0.736. The SMILES string of the molecule is COC(=O)c1ccc(C(=O)O[C@@H](C)C(=O)Nc2ccc(S(N)(=O)=O)cc2)cc1. The molecule has 2 rings (SSSR count). The number of benzene rings is 2. The van der Waals surface area contributed by atoms with Gasteiger partial charge in [-0.05, 0) is 55.5 Å². The summed E-state index contributed by atoms with van der Waals surface area (Å²) in [6.45, 7) is 1.38. The normalized spacial score (nSPS) is 12.0. The van der Waals surface area contributed by atoms with E-state index in [0.717, 1.165) is 0 Å². The topological polar surface area (TPSA) is 142 Å². The summed E-state index contributed by atoms with van der Waals surface area (Å²) in [7, 11) is -2.59. The average molecular weight is 406 g/mol. The molecule has 3 N–H and O–H groups in total. The number of esters is 2. The molecule has 0 saturated carbocycles. The predicted molar refractivity (Wildman–Crippen MR) is 99.1 cm³/mol. The van der Waals surface area contributed by atoms with E-state index in [9.17, 15) is 22.8 Å². The van der Waals surface area contributed by atoms with Crippen molar-refractivity contribution in [1.29, 1.82) is 0 Å². The van der Waals surface area contributed by atoms with E-state index in [2.05, 4.69) is 10.1 Å². The fourth-order valence-corrected chi connectivity index (χ4v) is 2.63. The van der Waals surface area contributed by atoms with Crippen molar-refractivity contribution in [3.05, 3.63) is 59.7 Å². The molecule has 0 aliphatic carbocycles. The molecule has 0 saturated heterocycles. The molecule has 0 spiro atoms. The number of carbonyl (C=O) groups excluding carboxylic acids is 3. The Bertz CT molecular complexity index is 984. The van der Waals surface area contributed by atoms with Gasteiger partial charge in [0.15, 0.2) is 6.10 Å². The average Bonchev–Trinajstić information content (AvgIpc) is 2.67. The van der Waals surface area contributed by atoms with Gasteiger partial charge in [-0.2, -0.15) is 0 Å². The Labute approximate surface area is 161 Å². The fraction of sp³-hybridized carbons (Fsp3) is 0.167. The number of hydrogen-bond acceptors (Lipinski definition) is 7. The summed E-state index contributed by atoms with van der Waals surface area (Å²) >= 11 is 0. The van der Waals surface area contributed by atoms with Crippen molar-refractivity contribution in [1.82, 2.24) is 0 Å². The minimum Gasteiger partial charge on any atom is -0.465 e. The molecule has 10 heteroatoms. The third-order valence-electron chi connectivity index (χ3n) is 3.65. The van der Waals surface area contributed by atoms with Gasteiger partial charge in [0.25, 0.3) is 5.91 Å². The largest absolute Gasteiger partial charge is 0.465 e. The van der Waals surface area contributed by atoms with Crippen LogP contribution < -0.4 is 10.5 Å². The molecule has 28 heavy (non-hydrogen) atoms. The van der Waals surface area contributed by atoms with Gasteiger partial charge in [0.05, 0.1) is 23.1 Å². The molecule has 148 valence electrons. The van der Waals surface area contributed by atoms with E-state index in [-0.39, 0.29) is 16.0 Å². The second-order valence-electron chi connectivity index (χ2n) is 5.68. The van der Waals surface area contributed by atoms with Crippen LogP contribution in [-0.2, 0) is 24.3 Å². The molecule has 2 aromatic carbocycles. The Kier molecular flexibility index (Phi) is 6.49. The van der Waals surface area contributed by atoms with E-state index in [1.165, 1.54) is 62.6 Å². The first-order valence-corrected chi connectivity index (χ1v) is 9.49. The zero-order valence-corrected chi connectivity index (χ0v) is 15.9. The third-order valence-corrected chi connectivity index (χ3v) is 4.57. The zero-order valence-electron chi connectivity index (χ0n) is 15.0. The van der Waals surface area contributed by atoms with Crippen LogP contribution in [0.2, 0.25) is 0 Å². The number of anilines is 1. The van der Waals surface area contributed by atoms with Crippen LogP contribution in [0, 0.1) is 0 Å². The Balaban J connectivity index is 1.97. The molecule has 0 unspecified atom stereocenters. The maximum absolute atomic E-state index is 12.2. The molecule has 2 aromatic rings. The highest BCUT2D eigenvalue weighted by molar-refractivity contribution is 7.89. The van der Waals surface area contributed by atoms with Crippen molar-refractivity contribution in [2.75, 3.05) is 12.4 Å². The minimum atomic E-state index is -3.83. The van der Waals surface area contributed by atoms with Crippen LogP contribution in [0.1, 0.15) is 27.6 Å². The van der Waals surface area contributed by atoms with Gasteiger partial charge in [0, 0.05) is 5.69 Å². The van der Waals surface area contributed by atoms with Crippen LogP contribution in [0.3, 0.4) is 0 Å². The Morgan fingerprint density at radius 2 is 1.43 bits per heavy atom. The smallest absolute Gasteiger partial charge is 0.338 e. The molecule has 0 aliphatic rings. The number of carbonyl (C=O) groups is 3. The van der Waals surface area contributed by atoms with E-state index >= 15 is 0 Å². The van der Waals surface area contributed by atoms with Crippen molar-refractivity contribution >= 4 is 33.6 Å². The number of nitrogens with two attached hydrogens (primary N) is 1. The Morgan fingerprint density at radius 3 is 1.89 bits per heavy atom. The van der Waals surface area contributed by atoms with Gasteiger partial charge in [-0.15, -0.1) is 0 Å². The van der Waals surface area contributed by atoms with Gasteiger partial charge in [-0.3, -0.25) is 4.79 Å². The number of ether oxygens (including phenoxy) is 2. The Hall–Kier alpha value is -3.24. The lowest BCUT2D eigenvalue weighted by molar-refractivity contribution is -0.123. The van der Waals surface area contributed by atoms with Crippen LogP contribution in [0.5, 0.6) is 0 Å². The van der Waals surface area contributed by atoms with Crippen LogP contribution in [0.4, 0.5) is 5.69 Å². The highest BCUT2D eigenvalue weighted by Crippen LogP contribution is 2.14. The summed E-state index contributed by atoms with van der Waals surface area (Å²) in [6, 6.07) is 10.8. The summed E-state index contributed by atoms with van der Waals surface area (Å²) < 4.78 is 32.1. The van der Waals surface area contributed by atoms with Crippen molar-refractivity contribution in [2.24, 2.45) is 5.14 Å². The van der Waals surface area contributed by atoms with Gasteiger partial charge in [0.2, 0.25) is 10.0 Å². The first-order valence-electron chi connectivity index (χ1n) is 7.95. The Morgan fingerprint density at radius 1 is 0.929 bits per heavy atom. The lowest BCUT2D eigenvalue weighted by atomic mass is 10.1. The predicted octanol–water partition coefficient (Wildman–Crippen LogP) is 1.30. The number of primary sulfonamides is 1. The molecule has 9 nitrogen and oxygen atoms in total. The number of sulfonamides is 1. The van der Waals surface area contributed by atoms with Gasteiger partial charge in [0.1, 0.15) is 0 Å². The molecule has 0 radical (unpaired) electrons. The molecule has 0 heterocycles. The van der Waals surface area contributed by atoms with Gasteiger partial charge < -0.3 is 14.8 Å². The highest BCUT2D eigenvalue weighted by Gasteiger charge is 2.20. The van der Waals surface area contributed by atoms with E-state index in [4.69, 9.17) is 9.88 Å². The van der Waals surface area contributed by atoms with E-state index in [1.54, 1.807) is 0 Å².